The van der Waals surface area contributed by atoms with E-state index in [1.54, 1.807) is 12.3 Å². The number of hydrogen-bond acceptors (Lipinski definition) is 5. The molecule has 1 saturated heterocycles. The van der Waals surface area contributed by atoms with Gasteiger partial charge in [0.05, 0.1) is 31.1 Å². The molecule has 2 unspecified atom stereocenters. The Hall–Kier alpha value is -1.46. The van der Waals surface area contributed by atoms with E-state index in [1.165, 1.54) is 32.8 Å². The molecule has 0 amide bonds. The van der Waals surface area contributed by atoms with Crippen LogP contribution in [0.25, 0.3) is 0 Å². The number of esters is 1. The zero-order valence-electron chi connectivity index (χ0n) is 12.5. The van der Waals surface area contributed by atoms with Gasteiger partial charge in [-0.25, -0.2) is 4.79 Å². The van der Waals surface area contributed by atoms with Crippen LogP contribution in [-0.2, 0) is 16.0 Å². The van der Waals surface area contributed by atoms with E-state index in [-0.39, 0.29) is 5.97 Å². The van der Waals surface area contributed by atoms with Gasteiger partial charge < -0.3 is 9.47 Å². The third kappa shape index (κ3) is 3.24. The largest absolute Gasteiger partial charge is 0.465 e. The molecule has 0 radical (unpaired) electrons. The average Bonchev–Trinajstić information content (AvgIpc) is 2.55. The summed E-state index contributed by atoms with van der Waals surface area (Å²) in [6, 6.07) is 4.22. The maximum atomic E-state index is 11.4. The van der Waals surface area contributed by atoms with E-state index in [4.69, 9.17) is 9.47 Å². The second-order valence-electron chi connectivity index (χ2n) is 5.76. The fraction of sp³-hybridized carbons (Fsp3) is 0.625. The predicted octanol–water partition coefficient (Wildman–Crippen LogP) is 2.01. The topological polar surface area (TPSA) is 51.7 Å². The molecule has 2 heterocycles. The molecule has 0 aromatic carbocycles. The zero-order chi connectivity index (χ0) is 14.7. The molecule has 21 heavy (non-hydrogen) atoms. The molecule has 1 aromatic rings. The number of rotatable bonds is 3. The molecular weight excluding hydrogens is 268 g/mol. The van der Waals surface area contributed by atoms with Gasteiger partial charge in [0.2, 0.25) is 0 Å². The summed E-state index contributed by atoms with van der Waals surface area (Å²) in [5, 5.41) is 0. The molecule has 2 atom stereocenters. The van der Waals surface area contributed by atoms with Crippen molar-refractivity contribution in [1.82, 2.24) is 9.88 Å². The van der Waals surface area contributed by atoms with Crippen LogP contribution in [0.5, 0.6) is 0 Å². The van der Waals surface area contributed by atoms with E-state index in [2.05, 4.69) is 9.88 Å². The summed E-state index contributed by atoms with van der Waals surface area (Å²) in [5.74, 6) is -0.340. The number of methoxy groups -OCH3 is 1. The first-order valence-electron chi connectivity index (χ1n) is 7.67. The standard InChI is InChI=1S/C16H22N2O3/c1-20-16(19)12-6-7-13(17-10-12)11-18-8-9-21-15-5-3-2-4-14(15)18/h6-7,10,14-15H,2-5,8-9,11H2,1H3. The van der Waals surface area contributed by atoms with Crippen LogP contribution in [0.4, 0.5) is 0 Å². The van der Waals surface area contributed by atoms with Gasteiger partial charge in [0.1, 0.15) is 0 Å². The van der Waals surface area contributed by atoms with Crippen LogP contribution in [0, 0.1) is 0 Å². The number of pyridine rings is 1. The van der Waals surface area contributed by atoms with Gasteiger partial charge >= 0.3 is 5.97 Å². The highest BCUT2D eigenvalue weighted by atomic mass is 16.5. The second kappa shape index (κ2) is 6.54. The Bertz CT molecular complexity index is 487. The van der Waals surface area contributed by atoms with Crippen molar-refractivity contribution in [3.8, 4) is 0 Å². The Morgan fingerprint density at radius 1 is 1.43 bits per heavy atom. The van der Waals surface area contributed by atoms with Crippen LogP contribution < -0.4 is 0 Å². The number of fused-ring (bicyclic) bond motifs is 1. The van der Waals surface area contributed by atoms with Crippen molar-refractivity contribution >= 4 is 5.97 Å². The highest BCUT2D eigenvalue weighted by Gasteiger charge is 2.34. The van der Waals surface area contributed by atoms with Crippen molar-refractivity contribution in [2.75, 3.05) is 20.3 Å². The van der Waals surface area contributed by atoms with Gasteiger partial charge in [-0.05, 0) is 25.0 Å². The Morgan fingerprint density at radius 3 is 3.05 bits per heavy atom. The lowest BCUT2D eigenvalue weighted by Gasteiger charge is -2.43. The van der Waals surface area contributed by atoms with Crippen LogP contribution in [0.2, 0.25) is 0 Å². The number of nitrogens with zero attached hydrogens (tertiary/aromatic N) is 2. The third-order valence-corrected chi connectivity index (χ3v) is 4.46. The number of carbonyl (C=O) groups excluding carboxylic acids is 1. The van der Waals surface area contributed by atoms with Gasteiger partial charge in [-0.2, -0.15) is 0 Å². The van der Waals surface area contributed by atoms with Gasteiger partial charge in [0.25, 0.3) is 0 Å². The van der Waals surface area contributed by atoms with Gasteiger partial charge in [-0.3, -0.25) is 9.88 Å². The van der Waals surface area contributed by atoms with Crippen LogP contribution in [-0.4, -0.2) is 48.3 Å². The summed E-state index contributed by atoms with van der Waals surface area (Å²) in [4.78, 5) is 18.3. The highest BCUT2D eigenvalue weighted by Crippen LogP contribution is 2.29. The van der Waals surface area contributed by atoms with Crippen LogP contribution in [0.3, 0.4) is 0 Å². The molecule has 1 aliphatic carbocycles. The Morgan fingerprint density at radius 2 is 2.29 bits per heavy atom. The molecular formula is C16H22N2O3. The van der Waals surface area contributed by atoms with E-state index in [1.807, 2.05) is 6.07 Å². The Balaban J connectivity index is 1.66. The van der Waals surface area contributed by atoms with Crippen molar-refractivity contribution in [1.29, 1.82) is 0 Å². The molecule has 0 spiro atoms. The molecule has 1 saturated carbocycles. The van der Waals surface area contributed by atoms with Crippen LogP contribution >= 0.6 is 0 Å². The minimum absolute atomic E-state index is 0.340. The fourth-order valence-corrected chi connectivity index (χ4v) is 3.34. The lowest BCUT2D eigenvalue weighted by atomic mass is 9.90. The molecule has 1 aliphatic heterocycles. The summed E-state index contributed by atoms with van der Waals surface area (Å²) in [7, 11) is 1.38. The maximum absolute atomic E-state index is 11.4. The lowest BCUT2D eigenvalue weighted by molar-refractivity contribution is -0.0914. The molecule has 1 aromatic heterocycles. The van der Waals surface area contributed by atoms with Crippen LogP contribution in [0.15, 0.2) is 18.3 Å². The Kier molecular flexibility index (Phi) is 4.51. The van der Waals surface area contributed by atoms with E-state index in [0.717, 1.165) is 25.4 Å². The molecule has 114 valence electrons. The van der Waals surface area contributed by atoms with Gasteiger partial charge in [-0.15, -0.1) is 0 Å². The molecule has 2 fully saturated rings. The summed E-state index contributed by atoms with van der Waals surface area (Å²) in [6.07, 6.45) is 6.94. The van der Waals surface area contributed by atoms with Gasteiger partial charge in [0.15, 0.2) is 0 Å². The SMILES string of the molecule is COC(=O)c1ccc(CN2CCOC3CCCCC32)nc1. The molecule has 3 rings (SSSR count). The molecule has 0 bridgehead atoms. The molecule has 5 heteroatoms. The smallest absolute Gasteiger partial charge is 0.339 e. The number of hydrogen-bond donors (Lipinski definition) is 0. The summed E-state index contributed by atoms with van der Waals surface area (Å²) < 4.78 is 10.6. The quantitative estimate of drug-likeness (QED) is 0.797. The number of ether oxygens (including phenoxy) is 2. The van der Waals surface area contributed by atoms with Crippen LogP contribution in [0.1, 0.15) is 41.7 Å². The minimum atomic E-state index is -0.340. The van der Waals surface area contributed by atoms with E-state index in [0.29, 0.717) is 17.7 Å². The summed E-state index contributed by atoms with van der Waals surface area (Å²) in [5.41, 5.74) is 1.49. The van der Waals surface area contributed by atoms with Gasteiger partial charge in [-0.1, -0.05) is 12.8 Å². The predicted molar refractivity (Wildman–Crippen MR) is 78.0 cm³/mol. The second-order valence-corrected chi connectivity index (χ2v) is 5.76. The first-order valence-corrected chi connectivity index (χ1v) is 7.67. The van der Waals surface area contributed by atoms with E-state index in [9.17, 15) is 4.79 Å². The summed E-state index contributed by atoms with van der Waals surface area (Å²) >= 11 is 0. The van der Waals surface area contributed by atoms with E-state index < -0.39 is 0 Å². The molecule has 5 nitrogen and oxygen atoms in total. The maximum Gasteiger partial charge on any atom is 0.339 e. The first-order chi connectivity index (χ1) is 10.3. The molecule has 2 aliphatic rings. The van der Waals surface area contributed by atoms with Crippen molar-refractivity contribution < 1.29 is 14.3 Å². The van der Waals surface area contributed by atoms with Gasteiger partial charge in [0, 0.05) is 25.3 Å². The lowest BCUT2D eigenvalue weighted by Crippen LogP contribution is -2.52. The van der Waals surface area contributed by atoms with Crippen molar-refractivity contribution in [2.45, 2.75) is 44.4 Å². The number of carbonyl (C=O) groups is 1. The van der Waals surface area contributed by atoms with Crippen molar-refractivity contribution in [2.24, 2.45) is 0 Å². The molecule has 0 N–H and O–H groups in total. The zero-order valence-corrected chi connectivity index (χ0v) is 12.5. The highest BCUT2D eigenvalue weighted by molar-refractivity contribution is 5.88. The normalized spacial score (nSPS) is 26.1. The Labute approximate surface area is 125 Å². The van der Waals surface area contributed by atoms with E-state index >= 15 is 0 Å². The van der Waals surface area contributed by atoms with Crippen molar-refractivity contribution in [3.05, 3.63) is 29.6 Å². The minimum Gasteiger partial charge on any atom is -0.465 e. The van der Waals surface area contributed by atoms with Crippen molar-refractivity contribution in [3.63, 3.8) is 0 Å². The average molecular weight is 290 g/mol. The number of morpholine rings is 1. The third-order valence-electron chi connectivity index (χ3n) is 4.46. The monoisotopic (exact) mass is 290 g/mol. The summed E-state index contributed by atoms with van der Waals surface area (Å²) in [6.45, 7) is 2.59. The first kappa shape index (κ1) is 14.5. The number of aromatic nitrogens is 1. The fourth-order valence-electron chi connectivity index (χ4n) is 3.34.